The van der Waals surface area contributed by atoms with Gasteiger partial charge in [0.2, 0.25) is 6.79 Å². The van der Waals surface area contributed by atoms with Crippen LogP contribution in [0.5, 0.6) is 11.5 Å². The zero-order valence-electron chi connectivity index (χ0n) is 19.0. The summed E-state index contributed by atoms with van der Waals surface area (Å²) in [6, 6.07) is 17.3. The van der Waals surface area contributed by atoms with E-state index in [1.807, 2.05) is 56.3 Å². The van der Waals surface area contributed by atoms with Crippen molar-refractivity contribution < 1.29 is 17.9 Å². The fourth-order valence-corrected chi connectivity index (χ4v) is 6.38. The number of sulfonamides is 1. The van der Waals surface area contributed by atoms with Crippen LogP contribution >= 0.6 is 0 Å². The largest absolute Gasteiger partial charge is 0.454 e. The summed E-state index contributed by atoms with van der Waals surface area (Å²) in [4.78, 5) is 0.273. The summed E-state index contributed by atoms with van der Waals surface area (Å²) in [5, 5.41) is 3.67. The SMILES string of the molecule is Cc1ccc(C)c(NS(=O)(=O)c2ccc3c(c2)[C@H]2C=CC[C@H]2[C@@H](c2ccc4c(c2)OCO4)N3)c1. The highest BCUT2D eigenvalue weighted by Gasteiger charge is 2.39. The van der Waals surface area contributed by atoms with Gasteiger partial charge in [0.15, 0.2) is 11.5 Å². The van der Waals surface area contributed by atoms with Crippen LogP contribution in [0.2, 0.25) is 0 Å². The minimum Gasteiger partial charge on any atom is -0.454 e. The molecule has 0 saturated heterocycles. The van der Waals surface area contributed by atoms with Crippen molar-refractivity contribution in [2.75, 3.05) is 16.8 Å². The molecule has 0 bridgehead atoms. The molecule has 6 nitrogen and oxygen atoms in total. The first kappa shape index (κ1) is 21.1. The standard InChI is InChI=1S/C27H26N2O4S/c1-16-6-7-17(2)24(12-16)29-34(30,31)19-9-10-23-22(14-19)20-4-3-5-21(20)27(28-23)18-8-11-25-26(13-18)33-15-32-25/h3-4,6-14,20-21,27-29H,5,15H2,1-2H3/t20-,21+,27+/m0/s1. The number of fused-ring (bicyclic) bond motifs is 4. The minimum absolute atomic E-state index is 0.0949. The van der Waals surface area contributed by atoms with E-state index in [2.05, 4.69) is 28.3 Å². The van der Waals surface area contributed by atoms with E-state index in [4.69, 9.17) is 9.47 Å². The predicted octanol–water partition coefficient (Wildman–Crippen LogP) is 5.66. The lowest BCUT2D eigenvalue weighted by molar-refractivity contribution is 0.174. The van der Waals surface area contributed by atoms with E-state index in [0.717, 1.165) is 45.9 Å². The predicted molar refractivity (Wildman–Crippen MR) is 132 cm³/mol. The number of nitrogens with one attached hydrogen (secondary N) is 2. The van der Waals surface area contributed by atoms with Crippen molar-refractivity contribution in [1.29, 1.82) is 0 Å². The van der Waals surface area contributed by atoms with Gasteiger partial charge in [-0.2, -0.15) is 0 Å². The van der Waals surface area contributed by atoms with Crippen molar-refractivity contribution in [1.82, 2.24) is 0 Å². The number of aryl methyl sites for hydroxylation is 2. The number of ether oxygens (including phenoxy) is 2. The van der Waals surface area contributed by atoms with Gasteiger partial charge in [0.1, 0.15) is 0 Å². The Morgan fingerprint density at radius 2 is 1.82 bits per heavy atom. The molecule has 0 fully saturated rings. The number of benzene rings is 3. The summed E-state index contributed by atoms with van der Waals surface area (Å²) < 4.78 is 40.4. The lowest BCUT2D eigenvalue weighted by Crippen LogP contribution is -2.29. The fraction of sp³-hybridized carbons (Fsp3) is 0.259. The van der Waals surface area contributed by atoms with Crippen molar-refractivity contribution in [3.63, 3.8) is 0 Å². The quantitative estimate of drug-likeness (QED) is 0.477. The molecule has 0 amide bonds. The Labute approximate surface area is 199 Å². The van der Waals surface area contributed by atoms with Gasteiger partial charge in [0.05, 0.1) is 16.6 Å². The van der Waals surface area contributed by atoms with Crippen LogP contribution in [0.1, 0.15) is 40.6 Å². The van der Waals surface area contributed by atoms with E-state index in [0.29, 0.717) is 5.69 Å². The molecular formula is C27H26N2O4S. The molecule has 3 aromatic rings. The molecule has 34 heavy (non-hydrogen) atoms. The highest BCUT2D eigenvalue weighted by Crippen LogP contribution is 2.51. The molecule has 7 heteroatoms. The van der Waals surface area contributed by atoms with Gasteiger partial charge < -0.3 is 14.8 Å². The number of anilines is 2. The summed E-state index contributed by atoms with van der Waals surface area (Å²) in [5.74, 6) is 1.97. The molecule has 0 spiro atoms. The first-order valence-electron chi connectivity index (χ1n) is 11.5. The average Bonchev–Trinajstić information content (AvgIpc) is 3.49. The molecular weight excluding hydrogens is 448 g/mol. The second-order valence-electron chi connectivity index (χ2n) is 9.26. The van der Waals surface area contributed by atoms with Crippen molar-refractivity contribution in [2.24, 2.45) is 5.92 Å². The Hall–Kier alpha value is -3.45. The Bertz CT molecular complexity index is 1430. The Kier molecular flexibility index (Phi) is 4.85. The van der Waals surface area contributed by atoms with Gasteiger partial charge >= 0.3 is 0 Å². The molecule has 0 radical (unpaired) electrons. The maximum Gasteiger partial charge on any atom is 0.261 e. The lowest BCUT2D eigenvalue weighted by Gasteiger charge is -2.37. The van der Waals surface area contributed by atoms with Crippen molar-refractivity contribution in [3.8, 4) is 11.5 Å². The molecule has 3 atom stereocenters. The Balaban J connectivity index is 1.34. The monoisotopic (exact) mass is 474 g/mol. The molecule has 174 valence electrons. The molecule has 1 aliphatic carbocycles. The lowest BCUT2D eigenvalue weighted by atomic mass is 9.77. The Morgan fingerprint density at radius 1 is 0.971 bits per heavy atom. The van der Waals surface area contributed by atoms with Crippen LogP contribution in [-0.2, 0) is 10.0 Å². The minimum atomic E-state index is -3.72. The maximum absolute atomic E-state index is 13.3. The van der Waals surface area contributed by atoms with Gasteiger partial charge in [0.25, 0.3) is 10.0 Å². The summed E-state index contributed by atoms with van der Waals surface area (Å²) in [7, 11) is -3.72. The molecule has 2 N–H and O–H groups in total. The van der Waals surface area contributed by atoms with Crippen LogP contribution in [0.3, 0.4) is 0 Å². The molecule has 2 heterocycles. The van der Waals surface area contributed by atoms with Crippen LogP contribution in [0.15, 0.2) is 71.6 Å². The van der Waals surface area contributed by atoms with Crippen LogP contribution in [-0.4, -0.2) is 15.2 Å². The summed E-state index contributed by atoms with van der Waals surface area (Å²) >= 11 is 0. The second-order valence-corrected chi connectivity index (χ2v) is 10.9. The topological polar surface area (TPSA) is 76.7 Å². The van der Waals surface area contributed by atoms with E-state index >= 15 is 0 Å². The van der Waals surface area contributed by atoms with Crippen LogP contribution in [0, 0.1) is 19.8 Å². The molecule has 3 aromatic carbocycles. The van der Waals surface area contributed by atoms with Gasteiger partial charge in [-0.3, -0.25) is 4.72 Å². The smallest absolute Gasteiger partial charge is 0.261 e. The first-order valence-corrected chi connectivity index (χ1v) is 12.9. The van der Waals surface area contributed by atoms with Crippen LogP contribution in [0.25, 0.3) is 0 Å². The summed E-state index contributed by atoms with van der Waals surface area (Å²) in [5.41, 5.74) is 5.62. The molecule has 0 saturated carbocycles. The second kappa shape index (κ2) is 7.81. The van der Waals surface area contributed by atoms with Gasteiger partial charge in [-0.25, -0.2) is 8.42 Å². The number of allylic oxidation sites excluding steroid dienone is 2. The zero-order chi connectivity index (χ0) is 23.4. The molecule has 0 unspecified atom stereocenters. The van der Waals surface area contributed by atoms with Gasteiger partial charge in [-0.05, 0) is 84.8 Å². The van der Waals surface area contributed by atoms with Crippen molar-refractivity contribution >= 4 is 21.4 Å². The molecule has 3 aliphatic rings. The van der Waals surface area contributed by atoms with Gasteiger partial charge in [-0.15, -0.1) is 0 Å². The maximum atomic E-state index is 13.3. The first-order chi connectivity index (χ1) is 16.4. The van der Waals surface area contributed by atoms with E-state index < -0.39 is 10.0 Å². The number of hydrogen-bond donors (Lipinski definition) is 2. The number of hydrogen-bond acceptors (Lipinski definition) is 5. The zero-order valence-corrected chi connectivity index (χ0v) is 19.9. The van der Waals surface area contributed by atoms with Gasteiger partial charge in [-0.1, -0.05) is 30.4 Å². The average molecular weight is 475 g/mol. The Morgan fingerprint density at radius 3 is 2.71 bits per heavy atom. The van der Waals surface area contributed by atoms with E-state index in [1.165, 1.54) is 0 Å². The molecule has 0 aromatic heterocycles. The molecule has 2 aliphatic heterocycles. The number of rotatable bonds is 4. The third-order valence-electron chi connectivity index (χ3n) is 7.04. The normalized spacial score (nSPS) is 22.1. The summed E-state index contributed by atoms with van der Waals surface area (Å²) in [6.45, 7) is 4.10. The van der Waals surface area contributed by atoms with Crippen LogP contribution in [0.4, 0.5) is 11.4 Å². The third-order valence-corrected chi connectivity index (χ3v) is 8.40. The molecule has 6 rings (SSSR count). The fourth-order valence-electron chi connectivity index (χ4n) is 5.23. The van der Waals surface area contributed by atoms with E-state index in [1.54, 1.807) is 6.07 Å². The highest BCUT2D eigenvalue weighted by atomic mass is 32.2. The van der Waals surface area contributed by atoms with Crippen molar-refractivity contribution in [2.45, 2.75) is 37.1 Å². The van der Waals surface area contributed by atoms with E-state index in [-0.39, 0.29) is 29.6 Å². The van der Waals surface area contributed by atoms with E-state index in [9.17, 15) is 8.42 Å². The highest BCUT2D eigenvalue weighted by molar-refractivity contribution is 7.92. The third kappa shape index (κ3) is 3.51. The van der Waals surface area contributed by atoms with Crippen LogP contribution < -0.4 is 19.5 Å². The van der Waals surface area contributed by atoms with Crippen molar-refractivity contribution in [3.05, 3.63) is 89.0 Å². The summed E-state index contributed by atoms with van der Waals surface area (Å²) in [6.07, 6.45) is 5.33. The van der Waals surface area contributed by atoms with Gasteiger partial charge in [0, 0.05) is 11.6 Å².